The summed E-state index contributed by atoms with van der Waals surface area (Å²) in [5, 5.41) is 20.5. The monoisotopic (exact) mass is 405 g/mol. The zero-order chi connectivity index (χ0) is 21.0. The predicted octanol–water partition coefficient (Wildman–Crippen LogP) is 3.38. The third-order valence-corrected chi connectivity index (χ3v) is 4.98. The van der Waals surface area contributed by atoms with Gasteiger partial charge >= 0.3 is 12.1 Å². The summed E-state index contributed by atoms with van der Waals surface area (Å²) >= 11 is 0. The van der Waals surface area contributed by atoms with Crippen molar-refractivity contribution >= 4 is 12.1 Å². The van der Waals surface area contributed by atoms with Crippen LogP contribution in [-0.2, 0) is 9.53 Å². The van der Waals surface area contributed by atoms with Gasteiger partial charge in [-0.15, -0.1) is 0 Å². The number of amides is 1. The van der Waals surface area contributed by atoms with Crippen molar-refractivity contribution in [3.05, 3.63) is 59.7 Å². The molecule has 0 radical (unpaired) electrons. The minimum absolute atomic E-state index is 0.00581. The van der Waals surface area contributed by atoms with Gasteiger partial charge in [-0.1, -0.05) is 48.5 Å². The number of aliphatic carboxylic acids is 1. The van der Waals surface area contributed by atoms with E-state index < -0.39 is 37.1 Å². The Morgan fingerprint density at radius 2 is 1.55 bits per heavy atom. The number of fused-ring (bicyclic) bond motifs is 3. The molecule has 0 spiro atoms. The first-order chi connectivity index (χ1) is 13.9. The number of carbonyl (C=O) groups excluding carboxylic acids is 1. The summed E-state index contributed by atoms with van der Waals surface area (Å²) in [7, 11) is 0. The molecule has 0 saturated heterocycles. The Kier molecular flexibility index (Phi) is 6.43. The Balaban J connectivity index is 1.62. The van der Waals surface area contributed by atoms with Crippen molar-refractivity contribution in [3.63, 3.8) is 0 Å². The van der Waals surface area contributed by atoms with E-state index in [1.54, 1.807) is 0 Å². The number of aliphatic hydroxyl groups excluding tert-OH is 1. The van der Waals surface area contributed by atoms with Gasteiger partial charge in [0.15, 0.2) is 0 Å². The molecule has 8 heteroatoms. The summed E-state index contributed by atoms with van der Waals surface area (Å²) in [5.74, 6) is -1.57. The van der Waals surface area contributed by atoms with E-state index in [-0.39, 0.29) is 18.9 Å². The molecule has 3 N–H and O–H groups in total. The Hall–Kier alpha value is -3.00. The molecule has 154 valence electrons. The maximum Gasteiger partial charge on any atom is 0.407 e. The van der Waals surface area contributed by atoms with Crippen LogP contribution in [0.1, 0.15) is 29.9 Å². The number of carboxylic acids is 1. The summed E-state index contributed by atoms with van der Waals surface area (Å²) in [6, 6.07) is 14.1. The van der Waals surface area contributed by atoms with Gasteiger partial charge < -0.3 is 20.3 Å². The number of rotatable bonds is 8. The summed E-state index contributed by atoms with van der Waals surface area (Å²) < 4.78 is 30.0. The van der Waals surface area contributed by atoms with E-state index >= 15 is 0 Å². The number of hydrogen-bond donors (Lipinski definition) is 3. The quantitative estimate of drug-likeness (QED) is 0.626. The Morgan fingerprint density at radius 1 is 1.00 bits per heavy atom. The van der Waals surface area contributed by atoms with Crippen molar-refractivity contribution in [3.8, 4) is 11.1 Å². The fraction of sp³-hybridized carbons (Fsp3) is 0.333. The molecule has 2 aromatic carbocycles. The Morgan fingerprint density at radius 3 is 2.07 bits per heavy atom. The van der Waals surface area contributed by atoms with Crippen LogP contribution in [0.3, 0.4) is 0 Å². The fourth-order valence-electron chi connectivity index (χ4n) is 3.50. The Labute approximate surface area is 166 Å². The van der Waals surface area contributed by atoms with Gasteiger partial charge in [-0.2, -0.15) is 0 Å². The first kappa shape index (κ1) is 20.7. The van der Waals surface area contributed by atoms with Crippen molar-refractivity contribution in [2.24, 2.45) is 0 Å². The largest absolute Gasteiger partial charge is 0.480 e. The molecule has 1 aliphatic carbocycles. The molecule has 2 unspecified atom stereocenters. The van der Waals surface area contributed by atoms with Crippen molar-refractivity contribution < 1.29 is 33.3 Å². The summed E-state index contributed by atoms with van der Waals surface area (Å²) in [5.41, 5.74) is 4.13. The molecule has 3 rings (SSSR count). The van der Waals surface area contributed by atoms with E-state index in [9.17, 15) is 23.5 Å². The van der Waals surface area contributed by atoms with Crippen LogP contribution in [0.2, 0.25) is 0 Å². The zero-order valence-corrected chi connectivity index (χ0v) is 15.4. The van der Waals surface area contributed by atoms with Crippen molar-refractivity contribution in [2.45, 2.75) is 37.3 Å². The van der Waals surface area contributed by atoms with E-state index in [1.807, 2.05) is 48.5 Å². The highest BCUT2D eigenvalue weighted by Crippen LogP contribution is 2.44. The highest BCUT2D eigenvalue weighted by Gasteiger charge is 2.30. The molecule has 29 heavy (non-hydrogen) atoms. The number of hydrogen-bond acceptors (Lipinski definition) is 4. The molecule has 0 bridgehead atoms. The van der Waals surface area contributed by atoms with Gasteiger partial charge in [0.1, 0.15) is 18.8 Å². The Bertz CT molecular complexity index is 843. The number of carboxylic acid groups (broad SMARTS) is 1. The van der Waals surface area contributed by atoms with E-state index in [2.05, 4.69) is 5.32 Å². The van der Waals surface area contributed by atoms with Crippen LogP contribution in [0.5, 0.6) is 0 Å². The van der Waals surface area contributed by atoms with Crippen LogP contribution >= 0.6 is 0 Å². The average molecular weight is 405 g/mol. The SMILES string of the molecule is O=C(NC(CCC(O)C(F)F)C(=O)O)OCC1c2ccccc2-c2ccccc21. The van der Waals surface area contributed by atoms with Crippen LogP contribution in [-0.4, -0.2) is 47.5 Å². The summed E-state index contributed by atoms with van der Waals surface area (Å²) in [4.78, 5) is 23.4. The number of halogens is 2. The van der Waals surface area contributed by atoms with Gasteiger partial charge in [0.25, 0.3) is 6.43 Å². The number of ether oxygens (including phenoxy) is 1. The molecule has 1 amide bonds. The minimum atomic E-state index is -2.97. The highest BCUT2D eigenvalue weighted by atomic mass is 19.3. The van der Waals surface area contributed by atoms with Crippen molar-refractivity contribution in [1.82, 2.24) is 5.32 Å². The first-order valence-corrected chi connectivity index (χ1v) is 9.19. The molecule has 2 aromatic rings. The van der Waals surface area contributed by atoms with Gasteiger partial charge in [-0.25, -0.2) is 18.4 Å². The van der Waals surface area contributed by atoms with Crippen LogP contribution in [0, 0.1) is 0 Å². The van der Waals surface area contributed by atoms with Crippen molar-refractivity contribution in [1.29, 1.82) is 0 Å². The molecule has 0 fully saturated rings. The lowest BCUT2D eigenvalue weighted by atomic mass is 9.98. The second-order valence-electron chi connectivity index (χ2n) is 6.84. The molecule has 2 atom stereocenters. The predicted molar refractivity (Wildman–Crippen MR) is 101 cm³/mol. The number of nitrogens with one attached hydrogen (secondary N) is 1. The molecule has 0 aliphatic heterocycles. The highest BCUT2D eigenvalue weighted by molar-refractivity contribution is 5.81. The van der Waals surface area contributed by atoms with Gasteiger partial charge in [-0.05, 0) is 35.1 Å². The molecule has 6 nitrogen and oxygen atoms in total. The maximum atomic E-state index is 12.4. The number of carbonyl (C=O) groups is 2. The number of alkyl halides is 2. The fourth-order valence-corrected chi connectivity index (χ4v) is 3.50. The lowest BCUT2D eigenvalue weighted by Crippen LogP contribution is -2.42. The second kappa shape index (κ2) is 9.00. The first-order valence-electron chi connectivity index (χ1n) is 9.19. The van der Waals surface area contributed by atoms with Crippen LogP contribution in [0.15, 0.2) is 48.5 Å². The number of benzene rings is 2. The van der Waals surface area contributed by atoms with Gasteiger partial charge in [0.2, 0.25) is 0 Å². The number of alkyl carbamates (subject to hydrolysis) is 1. The molecule has 0 heterocycles. The van der Waals surface area contributed by atoms with E-state index in [0.717, 1.165) is 22.3 Å². The second-order valence-corrected chi connectivity index (χ2v) is 6.84. The van der Waals surface area contributed by atoms with Crippen LogP contribution < -0.4 is 5.32 Å². The third-order valence-electron chi connectivity index (χ3n) is 4.98. The van der Waals surface area contributed by atoms with E-state index in [0.29, 0.717) is 0 Å². The lowest BCUT2D eigenvalue weighted by molar-refractivity contribution is -0.139. The molecular weight excluding hydrogens is 384 g/mol. The van der Waals surface area contributed by atoms with Gasteiger partial charge in [0, 0.05) is 5.92 Å². The minimum Gasteiger partial charge on any atom is -0.480 e. The lowest BCUT2D eigenvalue weighted by Gasteiger charge is -2.18. The summed E-state index contributed by atoms with van der Waals surface area (Å²) in [6.07, 6.45) is -6.67. The van der Waals surface area contributed by atoms with Gasteiger partial charge in [-0.3, -0.25) is 0 Å². The number of aliphatic hydroxyl groups is 1. The molecular formula is C21H21F2NO5. The molecule has 0 saturated carbocycles. The van der Waals surface area contributed by atoms with Gasteiger partial charge in [0.05, 0.1) is 0 Å². The van der Waals surface area contributed by atoms with Crippen LogP contribution in [0.25, 0.3) is 11.1 Å². The van der Waals surface area contributed by atoms with Crippen LogP contribution in [0.4, 0.5) is 13.6 Å². The smallest absolute Gasteiger partial charge is 0.407 e. The normalized spacial score (nSPS) is 14.8. The topological polar surface area (TPSA) is 95.9 Å². The average Bonchev–Trinajstić information content (AvgIpc) is 3.03. The standard InChI is InChI=1S/C21H21F2NO5/c22-19(23)18(25)10-9-17(20(26)27)24-21(28)29-11-16-14-7-3-1-5-12(14)13-6-2-4-8-15(13)16/h1-8,16-19,25H,9-11H2,(H,24,28)(H,26,27). The van der Waals surface area contributed by atoms with Crippen molar-refractivity contribution in [2.75, 3.05) is 6.61 Å². The summed E-state index contributed by atoms with van der Waals surface area (Å²) in [6.45, 7) is 0.00581. The third kappa shape index (κ3) is 4.71. The zero-order valence-electron chi connectivity index (χ0n) is 15.4. The molecule has 1 aliphatic rings. The van der Waals surface area contributed by atoms with E-state index in [4.69, 9.17) is 9.84 Å². The molecule has 0 aromatic heterocycles. The van der Waals surface area contributed by atoms with E-state index in [1.165, 1.54) is 0 Å². The maximum absolute atomic E-state index is 12.4.